The fourth-order valence-electron chi connectivity index (χ4n) is 1.42. The summed E-state index contributed by atoms with van der Waals surface area (Å²) < 4.78 is 10.3. The van der Waals surface area contributed by atoms with E-state index in [0.717, 1.165) is 5.56 Å². The maximum atomic E-state index is 10.9. The highest BCUT2D eigenvalue weighted by Crippen LogP contribution is 2.05. The zero-order chi connectivity index (χ0) is 11.9. The Bertz CT molecular complexity index is 385. The zero-order valence-electron chi connectivity index (χ0n) is 9.24. The van der Waals surface area contributed by atoms with Crippen LogP contribution in [0.25, 0.3) is 0 Å². The van der Waals surface area contributed by atoms with Crippen LogP contribution in [0, 0.1) is 0 Å². The third kappa shape index (κ3) is 3.37. The predicted octanol–water partition coefficient (Wildman–Crippen LogP) is 0.979. The van der Waals surface area contributed by atoms with Crippen molar-refractivity contribution in [1.29, 1.82) is 0 Å². The molecule has 0 amide bonds. The van der Waals surface area contributed by atoms with Gasteiger partial charge in [-0.25, -0.2) is 0 Å². The Balaban J connectivity index is 1.91. The molecular formula is C12H13NO4. The number of aldehydes is 1. The first kappa shape index (κ1) is 11.8. The number of nitrogens with zero attached hydrogens (tertiary/aromatic N) is 1. The van der Waals surface area contributed by atoms with E-state index in [9.17, 15) is 4.79 Å². The van der Waals surface area contributed by atoms with Crippen LogP contribution in [0.1, 0.15) is 5.56 Å². The van der Waals surface area contributed by atoms with Crippen LogP contribution >= 0.6 is 0 Å². The number of hydrogen-bond acceptors (Lipinski definition) is 5. The second kappa shape index (κ2) is 6.12. The summed E-state index contributed by atoms with van der Waals surface area (Å²) >= 11 is 0. The summed E-state index contributed by atoms with van der Waals surface area (Å²) in [6, 6.07) is 9.11. The molecule has 0 atom stereocenters. The van der Waals surface area contributed by atoms with Gasteiger partial charge in [-0.05, 0) is 0 Å². The van der Waals surface area contributed by atoms with Gasteiger partial charge in [-0.15, -0.1) is 0 Å². The van der Waals surface area contributed by atoms with Crippen molar-refractivity contribution in [2.75, 3.05) is 19.8 Å². The summed E-state index contributed by atoms with van der Waals surface area (Å²) in [7, 11) is 0. The molecular weight excluding hydrogens is 222 g/mol. The van der Waals surface area contributed by atoms with Crippen molar-refractivity contribution in [2.45, 2.75) is 6.29 Å². The number of ether oxygens (including phenoxy) is 2. The van der Waals surface area contributed by atoms with Crippen LogP contribution < -0.4 is 0 Å². The lowest BCUT2D eigenvalue weighted by Gasteiger charge is -2.07. The molecule has 1 aliphatic rings. The van der Waals surface area contributed by atoms with Gasteiger partial charge >= 0.3 is 0 Å². The highest BCUT2D eigenvalue weighted by Gasteiger charge is 2.16. The van der Waals surface area contributed by atoms with Crippen LogP contribution in [-0.2, 0) is 19.1 Å². The molecule has 17 heavy (non-hydrogen) atoms. The van der Waals surface area contributed by atoms with Crippen LogP contribution in [0.3, 0.4) is 0 Å². The molecule has 0 bridgehead atoms. The molecule has 0 radical (unpaired) electrons. The SMILES string of the molecule is O=CC(=NOCC1OCCO1)c1ccccc1. The lowest BCUT2D eigenvalue weighted by Crippen LogP contribution is -2.15. The summed E-state index contributed by atoms with van der Waals surface area (Å²) in [6.45, 7) is 1.32. The summed E-state index contributed by atoms with van der Waals surface area (Å²) in [6.07, 6.45) is 0.272. The third-order valence-electron chi connectivity index (χ3n) is 2.25. The van der Waals surface area contributed by atoms with Crippen LogP contribution in [0.15, 0.2) is 35.5 Å². The molecule has 0 N–H and O–H groups in total. The highest BCUT2D eigenvalue weighted by atomic mass is 16.7. The maximum absolute atomic E-state index is 10.9. The van der Waals surface area contributed by atoms with E-state index in [1.165, 1.54) is 0 Å². The Kier molecular flexibility index (Phi) is 4.23. The lowest BCUT2D eigenvalue weighted by molar-refractivity contribution is -0.104. The Morgan fingerprint density at radius 3 is 2.71 bits per heavy atom. The average molecular weight is 235 g/mol. The van der Waals surface area contributed by atoms with Crippen molar-refractivity contribution in [2.24, 2.45) is 5.16 Å². The minimum atomic E-state index is -0.387. The van der Waals surface area contributed by atoms with Crippen LogP contribution in [0.4, 0.5) is 0 Å². The fourth-order valence-corrected chi connectivity index (χ4v) is 1.42. The molecule has 1 saturated heterocycles. The minimum Gasteiger partial charge on any atom is -0.390 e. The third-order valence-corrected chi connectivity index (χ3v) is 2.25. The molecule has 0 saturated carbocycles. The van der Waals surface area contributed by atoms with Crippen LogP contribution in [-0.4, -0.2) is 38.1 Å². The van der Waals surface area contributed by atoms with Gasteiger partial charge in [0, 0.05) is 5.56 Å². The molecule has 0 aromatic heterocycles. The normalized spacial score (nSPS) is 17.1. The number of rotatable bonds is 5. The zero-order valence-corrected chi connectivity index (χ0v) is 9.24. The number of benzene rings is 1. The first-order chi connectivity index (χ1) is 8.40. The summed E-state index contributed by atoms with van der Waals surface area (Å²) in [4.78, 5) is 15.9. The molecule has 2 rings (SSSR count). The standard InChI is InChI=1S/C12H13NO4/c14-8-11(10-4-2-1-3-5-10)13-17-9-12-15-6-7-16-12/h1-5,8,12H,6-7,9H2. The molecule has 5 heteroatoms. The van der Waals surface area contributed by atoms with E-state index in [1.54, 1.807) is 12.1 Å². The summed E-state index contributed by atoms with van der Waals surface area (Å²) in [5.74, 6) is 0. The van der Waals surface area contributed by atoms with Crippen LogP contribution in [0.2, 0.25) is 0 Å². The van der Waals surface area contributed by atoms with Gasteiger partial charge in [0.15, 0.2) is 19.2 Å². The Hall–Kier alpha value is -1.72. The van der Waals surface area contributed by atoms with Gasteiger partial charge in [-0.2, -0.15) is 0 Å². The molecule has 90 valence electrons. The van der Waals surface area contributed by atoms with Crippen molar-refractivity contribution >= 4 is 12.0 Å². The monoisotopic (exact) mass is 235 g/mol. The topological polar surface area (TPSA) is 57.1 Å². The molecule has 0 aliphatic carbocycles. The van der Waals surface area contributed by atoms with Crippen molar-refractivity contribution in [3.8, 4) is 0 Å². The van der Waals surface area contributed by atoms with Crippen molar-refractivity contribution < 1.29 is 19.1 Å². The van der Waals surface area contributed by atoms with E-state index >= 15 is 0 Å². The molecule has 0 unspecified atom stereocenters. The van der Waals surface area contributed by atoms with E-state index in [0.29, 0.717) is 19.5 Å². The second-order valence-corrected chi connectivity index (χ2v) is 3.43. The van der Waals surface area contributed by atoms with Gasteiger partial charge in [0.1, 0.15) is 5.71 Å². The summed E-state index contributed by atoms with van der Waals surface area (Å²) in [5, 5.41) is 3.76. The van der Waals surface area contributed by atoms with Gasteiger partial charge < -0.3 is 14.3 Å². The van der Waals surface area contributed by atoms with Gasteiger partial charge in [-0.3, -0.25) is 4.79 Å². The highest BCUT2D eigenvalue weighted by molar-refractivity contribution is 6.36. The maximum Gasteiger partial charge on any atom is 0.194 e. The Morgan fingerprint density at radius 1 is 1.35 bits per heavy atom. The second-order valence-electron chi connectivity index (χ2n) is 3.43. The molecule has 1 fully saturated rings. The van der Waals surface area contributed by atoms with Crippen LogP contribution in [0.5, 0.6) is 0 Å². The van der Waals surface area contributed by atoms with Crippen molar-refractivity contribution in [1.82, 2.24) is 0 Å². The average Bonchev–Trinajstić information content (AvgIpc) is 2.89. The lowest BCUT2D eigenvalue weighted by atomic mass is 10.1. The molecule has 1 aromatic rings. The predicted molar refractivity (Wildman–Crippen MR) is 60.7 cm³/mol. The molecule has 1 aromatic carbocycles. The minimum absolute atomic E-state index is 0.185. The summed E-state index contributed by atoms with van der Waals surface area (Å²) in [5.41, 5.74) is 0.972. The van der Waals surface area contributed by atoms with Crippen molar-refractivity contribution in [3.05, 3.63) is 35.9 Å². The van der Waals surface area contributed by atoms with E-state index in [1.807, 2.05) is 18.2 Å². The number of oxime groups is 1. The van der Waals surface area contributed by atoms with Gasteiger partial charge in [0.05, 0.1) is 13.2 Å². The Morgan fingerprint density at radius 2 is 2.06 bits per heavy atom. The first-order valence-electron chi connectivity index (χ1n) is 5.34. The number of carbonyl (C=O) groups excluding carboxylic acids is 1. The van der Waals surface area contributed by atoms with E-state index in [4.69, 9.17) is 14.3 Å². The van der Waals surface area contributed by atoms with Gasteiger partial charge in [0.25, 0.3) is 0 Å². The number of hydrogen-bond donors (Lipinski definition) is 0. The molecule has 0 spiro atoms. The van der Waals surface area contributed by atoms with Gasteiger partial charge in [-0.1, -0.05) is 35.5 Å². The van der Waals surface area contributed by atoms with Gasteiger partial charge in [0.2, 0.25) is 0 Å². The first-order valence-corrected chi connectivity index (χ1v) is 5.34. The molecule has 5 nitrogen and oxygen atoms in total. The number of carbonyl (C=O) groups is 1. The van der Waals surface area contributed by atoms with E-state index in [-0.39, 0.29) is 18.6 Å². The fraction of sp³-hybridized carbons (Fsp3) is 0.333. The Labute approximate surface area is 99.0 Å². The van der Waals surface area contributed by atoms with Crippen molar-refractivity contribution in [3.63, 3.8) is 0 Å². The van der Waals surface area contributed by atoms with E-state index in [2.05, 4.69) is 5.16 Å². The quantitative estimate of drug-likeness (QED) is 0.433. The largest absolute Gasteiger partial charge is 0.390 e. The smallest absolute Gasteiger partial charge is 0.194 e. The van der Waals surface area contributed by atoms with E-state index < -0.39 is 0 Å². The molecule has 1 heterocycles. The molecule has 1 aliphatic heterocycles.